The van der Waals surface area contributed by atoms with E-state index in [-0.39, 0.29) is 22.0 Å². The van der Waals surface area contributed by atoms with Crippen molar-refractivity contribution < 1.29 is 23.9 Å². The van der Waals surface area contributed by atoms with Crippen LogP contribution in [0.4, 0.5) is 5.69 Å². The number of thiocarbonyl (C=S) groups is 1. The number of anilines is 1. The Morgan fingerprint density at radius 1 is 1.10 bits per heavy atom. The molecule has 7 nitrogen and oxygen atoms in total. The molecule has 1 aliphatic rings. The predicted molar refractivity (Wildman–Crippen MR) is 116 cm³/mol. The molecule has 4 rings (SSSR count). The largest absolute Gasteiger partial charge is 0.545 e. The van der Waals surface area contributed by atoms with E-state index in [0.29, 0.717) is 22.0 Å². The van der Waals surface area contributed by atoms with Crippen molar-refractivity contribution in [3.05, 3.63) is 82.6 Å². The summed E-state index contributed by atoms with van der Waals surface area (Å²) < 4.78 is 5.70. The smallest absolute Gasteiger partial charge is 0.270 e. The van der Waals surface area contributed by atoms with Crippen molar-refractivity contribution >= 4 is 58.5 Å². The zero-order chi connectivity index (χ0) is 22.1. The first kappa shape index (κ1) is 20.5. The highest BCUT2D eigenvalue weighted by Gasteiger charge is 2.34. The first-order valence-electron chi connectivity index (χ1n) is 8.92. The van der Waals surface area contributed by atoms with Gasteiger partial charge in [-0.25, -0.2) is 0 Å². The number of rotatable bonds is 4. The number of nitrogens with one attached hydrogen (secondary N) is 1. The Morgan fingerprint density at radius 3 is 2.55 bits per heavy atom. The number of halogens is 1. The van der Waals surface area contributed by atoms with Gasteiger partial charge in [-0.05, 0) is 66.3 Å². The topological polar surface area (TPSA) is 103 Å². The number of hydrogen-bond donors (Lipinski definition) is 1. The molecule has 0 spiro atoms. The summed E-state index contributed by atoms with van der Waals surface area (Å²) in [5.74, 6) is -1.98. The summed E-state index contributed by atoms with van der Waals surface area (Å²) in [6.45, 7) is 0. The predicted octanol–water partition coefficient (Wildman–Crippen LogP) is 2.79. The number of carboxylic acid groups (broad SMARTS) is 1. The zero-order valence-corrected chi connectivity index (χ0v) is 17.2. The summed E-state index contributed by atoms with van der Waals surface area (Å²) >= 11 is 11.0. The molecule has 1 aliphatic heterocycles. The lowest BCUT2D eigenvalue weighted by Crippen LogP contribution is -2.54. The molecule has 31 heavy (non-hydrogen) atoms. The van der Waals surface area contributed by atoms with Crippen LogP contribution in [0.25, 0.3) is 17.4 Å². The lowest BCUT2D eigenvalue weighted by Gasteiger charge is -2.28. The number of furan rings is 1. The molecule has 1 N–H and O–H groups in total. The number of carbonyl (C=O) groups is 3. The zero-order valence-electron chi connectivity index (χ0n) is 15.6. The van der Waals surface area contributed by atoms with Crippen molar-refractivity contribution in [3.8, 4) is 11.3 Å². The average molecular weight is 452 g/mol. The molecule has 1 saturated heterocycles. The number of aromatic carboxylic acids is 1. The molecule has 1 aromatic heterocycles. The fraction of sp³-hybridized carbons (Fsp3) is 0. The standard InChI is InChI=1S/C22H13ClN2O5S/c23-14-4-6-15(7-5-14)25-20(27)17(19(26)24-22(25)31)11-16-8-9-18(30-16)12-2-1-3-13(10-12)21(28)29/h1-11H,(H,28,29)(H,24,26,31)/p-1/b17-11+. The maximum Gasteiger partial charge on any atom is 0.270 e. The summed E-state index contributed by atoms with van der Waals surface area (Å²) in [7, 11) is 0. The fourth-order valence-electron chi connectivity index (χ4n) is 3.01. The van der Waals surface area contributed by atoms with E-state index in [1.54, 1.807) is 48.5 Å². The molecule has 0 atom stereocenters. The average Bonchev–Trinajstić information content (AvgIpc) is 3.21. The number of carbonyl (C=O) groups excluding carboxylic acids is 3. The van der Waals surface area contributed by atoms with Crippen molar-refractivity contribution in [3.63, 3.8) is 0 Å². The number of benzene rings is 2. The molecule has 0 saturated carbocycles. The molecule has 3 aromatic rings. The van der Waals surface area contributed by atoms with Crippen molar-refractivity contribution in [2.45, 2.75) is 0 Å². The Labute approximate surface area is 186 Å². The van der Waals surface area contributed by atoms with E-state index < -0.39 is 17.8 Å². The van der Waals surface area contributed by atoms with E-state index in [1.807, 2.05) is 0 Å². The molecule has 0 unspecified atom stereocenters. The van der Waals surface area contributed by atoms with E-state index in [9.17, 15) is 19.5 Å². The first-order chi connectivity index (χ1) is 14.8. The normalized spacial score (nSPS) is 15.3. The van der Waals surface area contributed by atoms with Crippen LogP contribution in [0.3, 0.4) is 0 Å². The molecular formula is C22H12ClN2O5S-. The van der Waals surface area contributed by atoms with Crippen LogP contribution in [0.15, 0.2) is 70.7 Å². The fourth-order valence-corrected chi connectivity index (χ4v) is 3.42. The molecule has 0 radical (unpaired) electrons. The number of hydrogen-bond acceptors (Lipinski definition) is 6. The van der Waals surface area contributed by atoms with Gasteiger partial charge < -0.3 is 14.3 Å². The summed E-state index contributed by atoms with van der Waals surface area (Å²) in [6.07, 6.45) is 1.30. The Bertz CT molecular complexity index is 1260. The summed E-state index contributed by atoms with van der Waals surface area (Å²) in [4.78, 5) is 37.6. The van der Waals surface area contributed by atoms with Gasteiger partial charge in [0.25, 0.3) is 11.8 Å². The van der Waals surface area contributed by atoms with Gasteiger partial charge in [0.1, 0.15) is 17.1 Å². The second-order valence-electron chi connectivity index (χ2n) is 6.50. The number of amides is 2. The van der Waals surface area contributed by atoms with E-state index >= 15 is 0 Å². The van der Waals surface area contributed by atoms with Crippen LogP contribution >= 0.6 is 23.8 Å². The number of carboxylic acids is 1. The Balaban J connectivity index is 1.66. The minimum absolute atomic E-state index is 0.00255. The molecule has 1 fully saturated rings. The second-order valence-corrected chi connectivity index (χ2v) is 7.33. The highest BCUT2D eigenvalue weighted by atomic mass is 35.5. The first-order valence-corrected chi connectivity index (χ1v) is 9.71. The summed E-state index contributed by atoms with van der Waals surface area (Å²) in [6, 6.07) is 15.6. The third kappa shape index (κ3) is 4.11. The van der Waals surface area contributed by atoms with Gasteiger partial charge in [-0.2, -0.15) is 0 Å². The van der Waals surface area contributed by atoms with Gasteiger partial charge in [0.2, 0.25) is 0 Å². The Hall–Kier alpha value is -3.75. The molecule has 0 bridgehead atoms. The van der Waals surface area contributed by atoms with Gasteiger partial charge in [0, 0.05) is 10.6 Å². The summed E-state index contributed by atoms with van der Waals surface area (Å²) in [5, 5.41) is 14.0. The Morgan fingerprint density at radius 2 is 1.84 bits per heavy atom. The van der Waals surface area contributed by atoms with Crippen LogP contribution in [-0.2, 0) is 9.59 Å². The number of nitrogens with zero attached hydrogens (tertiary/aromatic N) is 1. The minimum atomic E-state index is -1.31. The van der Waals surface area contributed by atoms with E-state index in [4.69, 9.17) is 28.2 Å². The molecular weight excluding hydrogens is 440 g/mol. The van der Waals surface area contributed by atoms with Gasteiger partial charge in [-0.15, -0.1) is 0 Å². The maximum atomic E-state index is 13.0. The lowest BCUT2D eigenvalue weighted by atomic mass is 10.1. The van der Waals surface area contributed by atoms with Crippen LogP contribution in [-0.4, -0.2) is 22.9 Å². The van der Waals surface area contributed by atoms with Crippen molar-refractivity contribution in [1.82, 2.24) is 5.32 Å². The van der Waals surface area contributed by atoms with Gasteiger partial charge in [0.15, 0.2) is 5.11 Å². The van der Waals surface area contributed by atoms with Crippen molar-refractivity contribution in [1.29, 1.82) is 0 Å². The minimum Gasteiger partial charge on any atom is -0.545 e. The van der Waals surface area contributed by atoms with E-state index in [0.717, 1.165) is 0 Å². The Kier molecular flexibility index (Phi) is 5.41. The van der Waals surface area contributed by atoms with Gasteiger partial charge >= 0.3 is 0 Å². The summed E-state index contributed by atoms with van der Waals surface area (Å²) in [5.41, 5.74) is 0.787. The van der Waals surface area contributed by atoms with Crippen LogP contribution in [0.5, 0.6) is 0 Å². The lowest BCUT2D eigenvalue weighted by molar-refractivity contribution is -0.255. The second kappa shape index (κ2) is 8.17. The van der Waals surface area contributed by atoms with E-state index in [2.05, 4.69) is 5.32 Å². The van der Waals surface area contributed by atoms with Crippen LogP contribution < -0.4 is 15.3 Å². The molecule has 0 aliphatic carbocycles. The third-order valence-corrected chi connectivity index (χ3v) is 5.02. The maximum absolute atomic E-state index is 13.0. The van der Waals surface area contributed by atoms with Gasteiger partial charge in [-0.3, -0.25) is 19.8 Å². The molecule has 2 amide bonds. The monoisotopic (exact) mass is 451 g/mol. The molecule has 2 heterocycles. The third-order valence-electron chi connectivity index (χ3n) is 4.48. The van der Waals surface area contributed by atoms with Crippen LogP contribution in [0.2, 0.25) is 5.02 Å². The molecule has 2 aromatic carbocycles. The van der Waals surface area contributed by atoms with Crippen molar-refractivity contribution in [2.24, 2.45) is 0 Å². The highest BCUT2D eigenvalue weighted by Crippen LogP contribution is 2.27. The van der Waals surface area contributed by atoms with Gasteiger partial charge in [0.05, 0.1) is 11.7 Å². The van der Waals surface area contributed by atoms with Crippen molar-refractivity contribution in [2.75, 3.05) is 4.90 Å². The van der Waals surface area contributed by atoms with Gasteiger partial charge in [-0.1, -0.05) is 29.8 Å². The van der Waals surface area contributed by atoms with Crippen LogP contribution in [0.1, 0.15) is 16.1 Å². The van der Waals surface area contributed by atoms with Crippen LogP contribution in [0, 0.1) is 0 Å². The molecule has 154 valence electrons. The van der Waals surface area contributed by atoms with E-state index in [1.165, 1.54) is 23.1 Å². The quantitative estimate of drug-likeness (QED) is 0.372. The highest BCUT2D eigenvalue weighted by molar-refractivity contribution is 7.80. The SMILES string of the molecule is O=C1NC(=S)N(c2ccc(Cl)cc2)C(=O)/C1=C/c1ccc(-c2cccc(C(=O)[O-])c2)o1. The molecule has 9 heteroatoms.